The van der Waals surface area contributed by atoms with Gasteiger partial charge in [-0.1, -0.05) is 6.92 Å². The van der Waals surface area contributed by atoms with Crippen LogP contribution in [0.5, 0.6) is 0 Å². The molecule has 2 heterocycles. The highest BCUT2D eigenvalue weighted by Crippen LogP contribution is 2.46. The number of carboxylic acid groups (broad SMARTS) is 1. The van der Waals surface area contributed by atoms with Crippen LogP contribution in [0.15, 0.2) is 10.6 Å². The zero-order valence-electron chi connectivity index (χ0n) is 11.5. The van der Waals surface area contributed by atoms with Crippen LogP contribution in [0.2, 0.25) is 0 Å². The van der Waals surface area contributed by atoms with Crippen LogP contribution in [0.3, 0.4) is 0 Å². The minimum atomic E-state index is -1.04. The maximum Gasteiger partial charge on any atom is 0.353 e. The van der Waals surface area contributed by atoms with Gasteiger partial charge in [-0.15, -0.1) is 11.8 Å². The van der Waals surface area contributed by atoms with Crippen molar-refractivity contribution in [2.45, 2.75) is 32.7 Å². The highest BCUT2D eigenvalue weighted by molar-refractivity contribution is 8.03. The number of hydrogen-bond donors (Lipinski definition) is 2. The molecule has 0 aliphatic carbocycles. The summed E-state index contributed by atoms with van der Waals surface area (Å²) >= 11 is 1.41. The van der Waals surface area contributed by atoms with Gasteiger partial charge in [0.05, 0.1) is 12.0 Å². The average molecular weight is 298 g/mol. The lowest BCUT2D eigenvalue weighted by Gasteiger charge is -2.42. The zero-order chi connectivity index (χ0) is 14.9. The second-order valence-corrected chi connectivity index (χ2v) is 6.09. The standard InChI is InChI=1S/C13H18N2O4S/c1-3-8-9-6-10(20-5-4-14-7(2)16)11(13(18)19)15(9)12(8)17/h8-9H,3-6H2,1-2H3,(H,14,16)(H,18,19)/t8-,9+/m1/s1. The molecule has 7 heteroatoms. The van der Waals surface area contributed by atoms with E-state index in [0.717, 1.165) is 11.3 Å². The van der Waals surface area contributed by atoms with Gasteiger partial charge >= 0.3 is 5.97 Å². The summed E-state index contributed by atoms with van der Waals surface area (Å²) in [5.74, 6) is -0.658. The molecule has 2 aliphatic rings. The lowest BCUT2D eigenvalue weighted by atomic mass is 9.85. The molecule has 1 fully saturated rings. The van der Waals surface area contributed by atoms with E-state index in [2.05, 4.69) is 5.32 Å². The second kappa shape index (κ2) is 5.87. The predicted molar refractivity (Wildman–Crippen MR) is 74.8 cm³/mol. The third-order valence-electron chi connectivity index (χ3n) is 3.64. The van der Waals surface area contributed by atoms with Crippen LogP contribution >= 0.6 is 11.8 Å². The first-order valence-electron chi connectivity index (χ1n) is 6.64. The number of fused-ring (bicyclic) bond motifs is 1. The van der Waals surface area contributed by atoms with E-state index < -0.39 is 5.97 Å². The third-order valence-corrected chi connectivity index (χ3v) is 4.76. The molecule has 0 aromatic rings. The molecule has 0 aromatic carbocycles. The van der Waals surface area contributed by atoms with E-state index in [4.69, 9.17) is 0 Å². The van der Waals surface area contributed by atoms with Gasteiger partial charge in [-0.25, -0.2) is 4.79 Å². The van der Waals surface area contributed by atoms with Crippen molar-refractivity contribution in [3.05, 3.63) is 10.6 Å². The number of amides is 2. The number of nitrogens with zero attached hydrogens (tertiary/aromatic N) is 1. The first-order valence-corrected chi connectivity index (χ1v) is 7.62. The van der Waals surface area contributed by atoms with Crippen molar-refractivity contribution in [1.82, 2.24) is 10.2 Å². The molecule has 2 amide bonds. The number of hydrogen-bond acceptors (Lipinski definition) is 4. The minimum absolute atomic E-state index is 0.0156. The molecular formula is C13H18N2O4S. The van der Waals surface area contributed by atoms with E-state index in [1.54, 1.807) is 0 Å². The molecule has 2 atom stereocenters. The lowest BCUT2D eigenvalue weighted by molar-refractivity contribution is -0.155. The summed E-state index contributed by atoms with van der Waals surface area (Å²) in [6.45, 7) is 3.88. The molecule has 110 valence electrons. The summed E-state index contributed by atoms with van der Waals surface area (Å²) in [4.78, 5) is 36.2. The van der Waals surface area contributed by atoms with E-state index in [1.807, 2.05) is 6.92 Å². The quantitative estimate of drug-likeness (QED) is 0.559. The van der Waals surface area contributed by atoms with Crippen molar-refractivity contribution < 1.29 is 19.5 Å². The number of carbonyl (C=O) groups is 3. The Balaban J connectivity index is 2.02. The van der Waals surface area contributed by atoms with Crippen molar-refractivity contribution in [2.75, 3.05) is 12.3 Å². The van der Waals surface area contributed by atoms with Crippen molar-refractivity contribution in [3.8, 4) is 0 Å². The maximum atomic E-state index is 11.9. The molecule has 2 rings (SSSR count). The Labute approximate surface area is 121 Å². The predicted octanol–water partition coefficient (Wildman–Crippen LogP) is 0.793. The maximum absolute atomic E-state index is 11.9. The van der Waals surface area contributed by atoms with Crippen LogP contribution in [0.1, 0.15) is 26.7 Å². The Morgan fingerprint density at radius 1 is 1.50 bits per heavy atom. The van der Waals surface area contributed by atoms with Crippen molar-refractivity contribution in [2.24, 2.45) is 5.92 Å². The molecule has 0 radical (unpaired) electrons. The molecule has 0 unspecified atom stereocenters. The molecule has 1 saturated heterocycles. The monoisotopic (exact) mass is 298 g/mol. The average Bonchev–Trinajstić information content (AvgIpc) is 2.70. The topological polar surface area (TPSA) is 86.7 Å². The molecule has 0 spiro atoms. The van der Waals surface area contributed by atoms with Crippen LogP contribution in [0, 0.1) is 5.92 Å². The van der Waals surface area contributed by atoms with Gasteiger partial charge in [0.2, 0.25) is 11.8 Å². The van der Waals surface area contributed by atoms with Gasteiger partial charge in [0.15, 0.2) is 0 Å². The van der Waals surface area contributed by atoms with E-state index in [0.29, 0.717) is 18.7 Å². The normalized spacial score (nSPS) is 24.5. The van der Waals surface area contributed by atoms with E-state index in [9.17, 15) is 19.5 Å². The number of aliphatic carboxylic acids is 1. The van der Waals surface area contributed by atoms with Crippen LogP contribution < -0.4 is 5.32 Å². The number of nitrogens with one attached hydrogen (secondary N) is 1. The van der Waals surface area contributed by atoms with Gasteiger partial charge in [0, 0.05) is 30.5 Å². The number of thioether (sulfide) groups is 1. The molecule has 2 aliphatic heterocycles. The molecule has 0 aromatic heterocycles. The smallest absolute Gasteiger partial charge is 0.353 e. The molecule has 2 N–H and O–H groups in total. The van der Waals surface area contributed by atoms with Crippen molar-refractivity contribution in [3.63, 3.8) is 0 Å². The van der Waals surface area contributed by atoms with Gasteiger partial charge in [-0.2, -0.15) is 0 Å². The Kier molecular flexibility index (Phi) is 4.37. The Bertz CT molecular complexity index is 489. The van der Waals surface area contributed by atoms with E-state index in [-0.39, 0.29) is 29.5 Å². The largest absolute Gasteiger partial charge is 0.477 e. The highest BCUT2D eigenvalue weighted by Gasteiger charge is 2.54. The first kappa shape index (κ1) is 14.9. The number of carbonyl (C=O) groups excluding carboxylic acids is 2. The fourth-order valence-corrected chi connectivity index (χ4v) is 3.79. The van der Waals surface area contributed by atoms with Crippen LogP contribution in [-0.4, -0.2) is 46.1 Å². The Morgan fingerprint density at radius 2 is 2.20 bits per heavy atom. The van der Waals surface area contributed by atoms with Crippen molar-refractivity contribution in [1.29, 1.82) is 0 Å². The van der Waals surface area contributed by atoms with E-state index >= 15 is 0 Å². The van der Waals surface area contributed by atoms with Crippen molar-refractivity contribution >= 4 is 29.5 Å². The molecular weight excluding hydrogens is 280 g/mol. The summed E-state index contributed by atoms with van der Waals surface area (Å²) in [7, 11) is 0. The SMILES string of the molecule is CC[C@H]1C(=O)N2C(C(=O)O)=C(SCCNC(C)=O)C[C@@H]12. The Hall–Kier alpha value is -1.50. The fourth-order valence-electron chi connectivity index (χ4n) is 2.73. The van der Waals surface area contributed by atoms with Crippen LogP contribution in [0.4, 0.5) is 0 Å². The molecule has 6 nitrogen and oxygen atoms in total. The first-order chi connectivity index (χ1) is 9.47. The summed E-state index contributed by atoms with van der Waals surface area (Å²) in [6, 6.07) is 0.0156. The van der Waals surface area contributed by atoms with Gasteiger partial charge in [0.1, 0.15) is 5.70 Å². The summed E-state index contributed by atoms with van der Waals surface area (Å²) < 4.78 is 0. The Morgan fingerprint density at radius 3 is 2.75 bits per heavy atom. The summed E-state index contributed by atoms with van der Waals surface area (Å²) in [5.41, 5.74) is 0.137. The zero-order valence-corrected chi connectivity index (χ0v) is 12.3. The highest BCUT2D eigenvalue weighted by atomic mass is 32.2. The van der Waals surface area contributed by atoms with Crippen LogP contribution in [0.25, 0.3) is 0 Å². The number of rotatable bonds is 6. The van der Waals surface area contributed by atoms with Gasteiger partial charge in [-0.05, 0) is 6.42 Å². The summed E-state index contributed by atoms with van der Waals surface area (Å²) in [5, 5.41) is 12.0. The molecule has 20 heavy (non-hydrogen) atoms. The lowest BCUT2D eigenvalue weighted by Crippen LogP contribution is -2.58. The summed E-state index contributed by atoms with van der Waals surface area (Å²) in [6.07, 6.45) is 1.37. The number of β-lactam (4-membered cyclic amide) rings is 1. The molecule has 0 saturated carbocycles. The minimum Gasteiger partial charge on any atom is -0.477 e. The van der Waals surface area contributed by atoms with E-state index in [1.165, 1.54) is 23.6 Å². The fraction of sp³-hybridized carbons (Fsp3) is 0.615. The number of carboxylic acids is 1. The second-order valence-electron chi connectivity index (χ2n) is 4.90. The molecule has 0 bridgehead atoms. The van der Waals surface area contributed by atoms with Gasteiger partial charge < -0.3 is 15.3 Å². The van der Waals surface area contributed by atoms with Gasteiger partial charge in [0.25, 0.3) is 0 Å². The third kappa shape index (κ3) is 2.54. The van der Waals surface area contributed by atoms with Crippen LogP contribution in [-0.2, 0) is 14.4 Å². The van der Waals surface area contributed by atoms with Gasteiger partial charge in [-0.3, -0.25) is 9.59 Å².